The Labute approximate surface area is 143 Å². The molecule has 1 aromatic carbocycles. The molecule has 3 nitrogen and oxygen atoms in total. The first kappa shape index (κ1) is 15.9. The van der Waals surface area contributed by atoms with E-state index >= 15 is 0 Å². The summed E-state index contributed by atoms with van der Waals surface area (Å²) < 4.78 is -1.08. The minimum atomic E-state index is -1.08. The van der Waals surface area contributed by atoms with Crippen LogP contribution in [0, 0.1) is 5.92 Å². The summed E-state index contributed by atoms with van der Waals surface area (Å²) in [4.78, 5) is 25.4. The minimum absolute atomic E-state index is 0.0266. The molecule has 0 spiro atoms. The van der Waals surface area contributed by atoms with Crippen molar-refractivity contribution in [2.24, 2.45) is 5.92 Å². The highest BCUT2D eigenvalue weighted by Crippen LogP contribution is 2.55. The number of hydrogen-bond donors (Lipinski definition) is 1. The van der Waals surface area contributed by atoms with E-state index in [2.05, 4.69) is 22.5 Å². The van der Waals surface area contributed by atoms with Gasteiger partial charge in [0, 0.05) is 17.4 Å². The number of fused-ring (bicyclic) bond motifs is 1. The Morgan fingerprint density at radius 1 is 1.35 bits per heavy atom. The second-order valence-electron chi connectivity index (χ2n) is 6.01. The normalized spacial score (nSPS) is 30.3. The Hall–Kier alpha value is -1.94. The lowest BCUT2D eigenvalue weighted by Crippen LogP contribution is -2.52. The van der Waals surface area contributed by atoms with Crippen molar-refractivity contribution < 1.29 is 14.7 Å². The third-order valence-electron chi connectivity index (χ3n) is 4.76. The van der Waals surface area contributed by atoms with Gasteiger partial charge in [-0.1, -0.05) is 52.9 Å². The van der Waals surface area contributed by atoms with Gasteiger partial charge in [-0.25, -0.2) is 0 Å². The number of ketones is 2. The molecular weight excluding hydrogens is 356 g/mol. The molecule has 0 radical (unpaired) electrons. The van der Waals surface area contributed by atoms with E-state index in [0.29, 0.717) is 17.6 Å². The van der Waals surface area contributed by atoms with Gasteiger partial charge in [-0.3, -0.25) is 9.59 Å². The quantitative estimate of drug-likeness (QED) is 0.802. The van der Waals surface area contributed by atoms with Gasteiger partial charge in [0.25, 0.3) is 0 Å². The van der Waals surface area contributed by atoms with E-state index in [0.717, 1.165) is 5.57 Å². The Kier molecular flexibility index (Phi) is 3.88. The second-order valence-corrected chi connectivity index (χ2v) is 7.32. The molecule has 0 fully saturated rings. The third kappa shape index (κ3) is 2.24. The minimum Gasteiger partial charge on any atom is -0.508 e. The molecule has 0 aromatic heterocycles. The first-order valence-electron chi connectivity index (χ1n) is 7.47. The van der Waals surface area contributed by atoms with E-state index in [-0.39, 0.29) is 17.3 Å². The maximum atomic E-state index is 12.8. The van der Waals surface area contributed by atoms with Crippen molar-refractivity contribution in [1.82, 2.24) is 0 Å². The van der Waals surface area contributed by atoms with Crippen LogP contribution in [0.5, 0.6) is 5.75 Å². The molecule has 2 aliphatic carbocycles. The number of rotatable bonds is 2. The summed E-state index contributed by atoms with van der Waals surface area (Å²) in [6.45, 7) is 5.51. The first-order chi connectivity index (χ1) is 10.9. The van der Waals surface area contributed by atoms with Crippen molar-refractivity contribution in [3.05, 3.63) is 65.8 Å². The average Bonchev–Trinajstić information content (AvgIpc) is 2.53. The molecule has 3 rings (SSSR count). The average molecular weight is 373 g/mol. The number of allylic oxidation sites excluding steroid dienone is 5. The van der Waals surface area contributed by atoms with Crippen LogP contribution in [0.1, 0.15) is 24.8 Å². The summed E-state index contributed by atoms with van der Waals surface area (Å²) in [6.07, 6.45) is 5.52. The zero-order chi connectivity index (χ0) is 16.8. The zero-order valence-corrected chi connectivity index (χ0v) is 14.3. The van der Waals surface area contributed by atoms with E-state index in [1.54, 1.807) is 31.2 Å². The monoisotopic (exact) mass is 372 g/mol. The highest BCUT2D eigenvalue weighted by Gasteiger charge is 2.56. The lowest BCUT2D eigenvalue weighted by molar-refractivity contribution is -0.128. The summed E-state index contributed by atoms with van der Waals surface area (Å²) in [5.74, 6) is -0.994. The number of phenolic OH excluding ortho intramolecular Hbond substituents is 1. The van der Waals surface area contributed by atoms with Crippen LogP contribution >= 0.6 is 15.9 Å². The van der Waals surface area contributed by atoms with Crippen LogP contribution in [-0.4, -0.2) is 21.0 Å². The van der Waals surface area contributed by atoms with E-state index in [9.17, 15) is 14.7 Å². The Balaban J connectivity index is 2.26. The number of halogens is 1. The molecule has 1 aromatic rings. The van der Waals surface area contributed by atoms with Crippen LogP contribution in [0.3, 0.4) is 0 Å². The van der Waals surface area contributed by atoms with Crippen LogP contribution < -0.4 is 0 Å². The van der Waals surface area contributed by atoms with Crippen molar-refractivity contribution in [2.45, 2.75) is 23.6 Å². The molecule has 0 amide bonds. The summed E-state index contributed by atoms with van der Waals surface area (Å²) in [7, 11) is 0. The zero-order valence-electron chi connectivity index (χ0n) is 12.8. The van der Waals surface area contributed by atoms with E-state index in [1.165, 1.54) is 6.08 Å². The fraction of sp³-hybridized carbons (Fsp3) is 0.263. The Bertz CT molecular complexity index is 775. The number of alkyl halides is 1. The van der Waals surface area contributed by atoms with Gasteiger partial charge < -0.3 is 5.11 Å². The maximum absolute atomic E-state index is 12.8. The Morgan fingerprint density at radius 2 is 2.04 bits per heavy atom. The number of phenols is 1. The fourth-order valence-corrected chi connectivity index (χ4v) is 4.61. The summed E-state index contributed by atoms with van der Waals surface area (Å²) in [6, 6.07) is 6.92. The number of aromatic hydroxyl groups is 1. The second kappa shape index (κ2) is 5.60. The molecule has 0 aliphatic heterocycles. The van der Waals surface area contributed by atoms with Gasteiger partial charge in [0.15, 0.2) is 11.6 Å². The molecule has 1 N–H and O–H groups in total. The molecule has 118 valence electrons. The summed E-state index contributed by atoms with van der Waals surface area (Å²) in [5, 5.41) is 10.3. The van der Waals surface area contributed by atoms with Crippen LogP contribution in [0.25, 0.3) is 0 Å². The van der Waals surface area contributed by atoms with Crippen LogP contribution in [-0.2, 0) is 9.59 Å². The van der Waals surface area contributed by atoms with Gasteiger partial charge in [-0.05, 0) is 36.6 Å². The number of hydrogen-bond acceptors (Lipinski definition) is 3. The molecule has 0 heterocycles. The summed E-state index contributed by atoms with van der Waals surface area (Å²) >= 11 is 3.61. The van der Waals surface area contributed by atoms with Crippen molar-refractivity contribution in [1.29, 1.82) is 0 Å². The third-order valence-corrected chi connectivity index (χ3v) is 6.16. The van der Waals surface area contributed by atoms with Gasteiger partial charge in [-0.2, -0.15) is 0 Å². The molecule has 0 saturated heterocycles. The standard InChI is InChI=1S/C19H17BrO3/c1-3-12-8-9-14-18(23)11(2)10-16(22)19(14,20)17(12)13-6-4-5-7-15(13)21/h3-8,10,14,17,21H,1,9H2,2H3/t14-,17+,19+/m0/s1. The van der Waals surface area contributed by atoms with Crippen molar-refractivity contribution in [3.63, 3.8) is 0 Å². The van der Waals surface area contributed by atoms with Gasteiger partial charge in [-0.15, -0.1) is 0 Å². The molecule has 2 aliphatic rings. The molecule has 0 unspecified atom stereocenters. The number of carbonyl (C=O) groups is 2. The largest absolute Gasteiger partial charge is 0.508 e. The van der Waals surface area contributed by atoms with E-state index in [1.807, 2.05) is 12.1 Å². The molecule has 4 heteroatoms. The van der Waals surface area contributed by atoms with E-state index in [4.69, 9.17) is 0 Å². The van der Waals surface area contributed by atoms with Crippen molar-refractivity contribution in [3.8, 4) is 5.75 Å². The first-order valence-corrected chi connectivity index (χ1v) is 8.26. The highest BCUT2D eigenvalue weighted by molar-refractivity contribution is 9.10. The number of Topliss-reactive ketones (excluding diaryl/α,β-unsaturated/α-hetero) is 1. The molecular formula is C19H17BrO3. The van der Waals surface area contributed by atoms with Crippen LogP contribution in [0.15, 0.2) is 60.2 Å². The fourth-order valence-electron chi connectivity index (χ4n) is 3.59. The van der Waals surface area contributed by atoms with E-state index < -0.39 is 16.2 Å². The predicted octanol–water partition coefficient (Wildman–Crippen LogP) is 3.84. The van der Waals surface area contributed by atoms with Gasteiger partial charge in [0.2, 0.25) is 0 Å². The Morgan fingerprint density at radius 3 is 2.70 bits per heavy atom. The highest BCUT2D eigenvalue weighted by atomic mass is 79.9. The lowest BCUT2D eigenvalue weighted by atomic mass is 9.62. The topological polar surface area (TPSA) is 54.4 Å². The van der Waals surface area contributed by atoms with Gasteiger partial charge >= 0.3 is 0 Å². The molecule has 0 saturated carbocycles. The molecule has 23 heavy (non-hydrogen) atoms. The lowest BCUT2D eigenvalue weighted by Gasteiger charge is -2.45. The maximum Gasteiger partial charge on any atom is 0.174 e. The number of benzene rings is 1. The smallest absolute Gasteiger partial charge is 0.174 e. The van der Waals surface area contributed by atoms with Crippen molar-refractivity contribution in [2.75, 3.05) is 0 Å². The number of carbonyl (C=O) groups excluding carboxylic acids is 2. The molecule has 0 bridgehead atoms. The van der Waals surface area contributed by atoms with Crippen LogP contribution in [0.2, 0.25) is 0 Å². The molecule has 3 atom stereocenters. The van der Waals surface area contributed by atoms with Crippen molar-refractivity contribution >= 4 is 27.5 Å². The van der Waals surface area contributed by atoms with Gasteiger partial charge in [0.05, 0.1) is 0 Å². The SMILES string of the molecule is C=CC1=CC[C@H]2C(=O)C(C)=CC(=O)[C@@]2(Br)[C@H]1c1ccccc1O. The number of para-hydroxylation sites is 1. The van der Waals surface area contributed by atoms with Gasteiger partial charge in [0.1, 0.15) is 10.1 Å². The van der Waals surface area contributed by atoms with Crippen LogP contribution in [0.4, 0.5) is 0 Å². The summed E-state index contributed by atoms with van der Waals surface area (Å²) in [5.41, 5.74) is 1.95. The predicted molar refractivity (Wildman–Crippen MR) is 92.7 cm³/mol.